The molecule has 0 aromatic rings. The Morgan fingerprint density at radius 2 is 1.59 bits per heavy atom. The topological polar surface area (TPSA) is 84.0 Å². The smallest absolute Gasteiger partial charge is 0.327 e. The lowest BCUT2D eigenvalue weighted by molar-refractivity contribution is -0.167. The van der Waals surface area contributed by atoms with Crippen LogP contribution in [-0.2, 0) is 35.7 Å². The van der Waals surface area contributed by atoms with Gasteiger partial charge in [0.05, 0.1) is 13.1 Å². The van der Waals surface area contributed by atoms with E-state index in [1.54, 1.807) is 11.8 Å². The Bertz CT molecular complexity index is 439. The van der Waals surface area contributed by atoms with E-state index >= 15 is 0 Å². The second-order valence-corrected chi connectivity index (χ2v) is 5.15. The summed E-state index contributed by atoms with van der Waals surface area (Å²) in [5.74, 6) is -1.37. The number of imide groups is 1. The van der Waals surface area contributed by atoms with Gasteiger partial charge in [-0.1, -0.05) is 11.8 Å². The molecule has 0 spiro atoms. The largest absolute Gasteiger partial charge is 0.391 e. The highest BCUT2D eigenvalue weighted by atomic mass is 32.4. The minimum absolute atomic E-state index is 0.00847. The Morgan fingerprint density at radius 1 is 1.09 bits per heavy atom. The molecule has 2 aliphatic heterocycles. The van der Waals surface area contributed by atoms with Crippen LogP contribution in [0.4, 0.5) is 0 Å². The lowest BCUT2D eigenvalue weighted by Gasteiger charge is -2.31. The van der Waals surface area contributed by atoms with Gasteiger partial charge in [-0.25, -0.2) is 0 Å². The number of likely N-dealkylation sites (tertiary alicyclic amines) is 1. The second-order valence-electron chi connectivity index (χ2n) is 5.15. The van der Waals surface area contributed by atoms with E-state index in [1.165, 1.54) is 4.90 Å². The van der Waals surface area contributed by atoms with E-state index in [1.807, 2.05) is 0 Å². The van der Waals surface area contributed by atoms with Crippen LogP contribution in [0.1, 0.15) is 26.2 Å². The molecule has 0 aromatic carbocycles. The fourth-order valence-corrected chi connectivity index (χ4v) is 2.62. The number of ether oxygens (including phenoxy) is 1. The van der Waals surface area contributed by atoms with Crippen LogP contribution in [0, 0.1) is 5.92 Å². The summed E-state index contributed by atoms with van der Waals surface area (Å²) in [6.07, 6.45) is 1.33. The predicted octanol–water partition coefficient (Wildman–Crippen LogP) is 0.138. The van der Waals surface area contributed by atoms with Gasteiger partial charge in [0.2, 0.25) is 11.8 Å². The first-order valence-electron chi connectivity index (χ1n) is 6.99. The first-order chi connectivity index (χ1) is 10.5. The standard InChI is InChI=1S/C13H18N2O5.HPS/c1-2-15-10(16)5-9(6-11(15)17)3-4-14-7-12(18)20-13(19)8-14;1-2/h9H,2-8H2,1H3;1H. The number of amides is 2. The van der Waals surface area contributed by atoms with Crippen molar-refractivity contribution in [3.63, 3.8) is 0 Å². The molecule has 0 bridgehead atoms. The number of carbonyl (C=O) groups excluding carboxylic acids is 4. The van der Waals surface area contributed by atoms with Crippen LogP contribution < -0.4 is 0 Å². The third kappa shape index (κ3) is 5.19. The van der Waals surface area contributed by atoms with Crippen LogP contribution in [0.25, 0.3) is 0 Å². The maximum atomic E-state index is 11.8. The molecular weight excluding hydrogens is 327 g/mol. The van der Waals surface area contributed by atoms with Gasteiger partial charge in [-0.3, -0.25) is 29.0 Å². The van der Waals surface area contributed by atoms with Crippen LogP contribution in [0.15, 0.2) is 0 Å². The van der Waals surface area contributed by atoms with Gasteiger partial charge in [0.25, 0.3) is 0 Å². The molecule has 0 unspecified atom stereocenters. The van der Waals surface area contributed by atoms with Crippen molar-refractivity contribution in [2.75, 3.05) is 26.2 Å². The molecule has 22 heavy (non-hydrogen) atoms. The number of morpholine rings is 1. The van der Waals surface area contributed by atoms with Crippen molar-refractivity contribution in [2.45, 2.75) is 26.2 Å². The number of piperidine rings is 1. The Hall–Kier alpha value is -1.24. The van der Waals surface area contributed by atoms with Crippen LogP contribution in [0.5, 0.6) is 0 Å². The molecule has 2 saturated heterocycles. The molecular formula is C13H19N2O5PS. The average molecular weight is 346 g/mol. The summed E-state index contributed by atoms with van der Waals surface area (Å²) in [6, 6.07) is 0. The summed E-state index contributed by atoms with van der Waals surface area (Å²) in [5, 5.41) is 0. The van der Waals surface area contributed by atoms with Crippen LogP contribution in [-0.4, -0.2) is 59.7 Å². The predicted molar refractivity (Wildman–Crippen MR) is 83.0 cm³/mol. The number of cyclic esters (lactones) is 2. The molecule has 2 amide bonds. The van der Waals surface area contributed by atoms with Gasteiger partial charge >= 0.3 is 11.9 Å². The van der Waals surface area contributed by atoms with Gasteiger partial charge in [-0.15, -0.1) is 0 Å². The van der Waals surface area contributed by atoms with Crippen molar-refractivity contribution in [3.8, 4) is 0 Å². The van der Waals surface area contributed by atoms with Crippen molar-refractivity contribution >= 4 is 43.6 Å². The molecule has 0 aromatic heterocycles. The highest BCUT2D eigenvalue weighted by Gasteiger charge is 2.32. The fraction of sp³-hybridized carbons (Fsp3) is 0.692. The Kier molecular flexibility index (Phi) is 7.72. The van der Waals surface area contributed by atoms with Crippen LogP contribution in [0.3, 0.4) is 0 Å². The number of esters is 2. The molecule has 122 valence electrons. The van der Waals surface area contributed by atoms with E-state index in [4.69, 9.17) is 0 Å². The summed E-state index contributed by atoms with van der Waals surface area (Å²) >= 11 is 3.89. The highest BCUT2D eigenvalue weighted by Crippen LogP contribution is 2.23. The number of rotatable bonds is 4. The number of carbonyl (C=O) groups is 4. The zero-order chi connectivity index (χ0) is 16.7. The lowest BCUT2D eigenvalue weighted by atomic mass is 9.92. The molecule has 9 heteroatoms. The number of hydrogen-bond donors (Lipinski definition) is 0. The SMILES string of the molecule is CCN1C(=O)CC(CCN2CC(=O)OC(=O)C2)CC1=O.P=S. The first-order valence-corrected chi connectivity index (χ1v) is 8.62. The molecule has 0 radical (unpaired) electrons. The number of nitrogens with zero attached hydrogens (tertiary/aromatic N) is 2. The summed E-state index contributed by atoms with van der Waals surface area (Å²) < 4.78 is 4.44. The van der Waals surface area contributed by atoms with Crippen molar-refractivity contribution < 1.29 is 23.9 Å². The molecule has 2 heterocycles. The van der Waals surface area contributed by atoms with Gasteiger partial charge in [0.1, 0.15) is 0 Å². The molecule has 7 nitrogen and oxygen atoms in total. The zero-order valence-electron chi connectivity index (χ0n) is 12.4. The summed E-state index contributed by atoms with van der Waals surface area (Å²) in [5.41, 5.74) is 0. The monoisotopic (exact) mass is 346 g/mol. The molecule has 0 aliphatic carbocycles. The quantitative estimate of drug-likeness (QED) is 0.310. The van der Waals surface area contributed by atoms with Crippen molar-refractivity contribution in [2.24, 2.45) is 5.92 Å². The van der Waals surface area contributed by atoms with Gasteiger partial charge in [0, 0.05) is 19.4 Å². The molecule has 0 saturated carbocycles. The maximum Gasteiger partial charge on any atom is 0.327 e. The number of hydrogen-bond acceptors (Lipinski definition) is 7. The Balaban J connectivity index is 0.00000116. The third-order valence-corrected chi connectivity index (χ3v) is 3.63. The van der Waals surface area contributed by atoms with Crippen LogP contribution in [0.2, 0.25) is 0 Å². The Labute approximate surface area is 136 Å². The van der Waals surface area contributed by atoms with E-state index in [2.05, 4.69) is 24.6 Å². The van der Waals surface area contributed by atoms with Gasteiger partial charge < -0.3 is 4.74 Å². The minimum Gasteiger partial charge on any atom is -0.391 e. The minimum atomic E-state index is -0.547. The second kappa shape index (κ2) is 9.02. The van der Waals surface area contributed by atoms with Crippen molar-refractivity contribution in [1.29, 1.82) is 0 Å². The molecule has 2 fully saturated rings. The normalized spacial score (nSPS) is 20.5. The lowest BCUT2D eigenvalue weighted by Crippen LogP contribution is -2.45. The van der Waals surface area contributed by atoms with E-state index < -0.39 is 11.9 Å². The van der Waals surface area contributed by atoms with Gasteiger partial charge in [0.15, 0.2) is 0 Å². The highest BCUT2D eigenvalue weighted by molar-refractivity contribution is 7.88. The molecule has 0 atom stereocenters. The van der Waals surface area contributed by atoms with E-state index in [0.29, 0.717) is 32.4 Å². The molecule has 2 rings (SSSR count). The zero-order valence-corrected chi connectivity index (χ0v) is 14.2. The van der Waals surface area contributed by atoms with Crippen LogP contribution >= 0.6 is 8.02 Å². The van der Waals surface area contributed by atoms with Gasteiger partial charge in [-0.2, -0.15) is 0 Å². The fourth-order valence-electron chi connectivity index (χ4n) is 2.62. The van der Waals surface area contributed by atoms with E-state index in [9.17, 15) is 19.2 Å². The summed E-state index contributed by atoms with van der Waals surface area (Å²) in [6.45, 7) is 2.87. The van der Waals surface area contributed by atoms with Gasteiger partial charge in [-0.05, 0) is 33.8 Å². The van der Waals surface area contributed by atoms with E-state index in [0.717, 1.165) is 0 Å². The summed E-state index contributed by atoms with van der Waals surface area (Å²) in [4.78, 5) is 48.7. The molecule has 2 aliphatic rings. The van der Waals surface area contributed by atoms with E-state index in [-0.39, 0.29) is 30.8 Å². The van der Waals surface area contributed by atoms with Crippen molar-refractivity contribution in [1.82, 2.24) is 9.80 Å². The first kappa shape index (κ1) is 18.8. The Morgan fingerprint density at radius 3 is 2.05 bits per heavy atom. The molecule has 0 N–H and O–H groups in total. The maximum absolute atomic E-state index is 11.8. The third-order valence-electron chi connectivity index (χ3n) is 3.63. The average Bonchev–Trinajstić information content (AvgIpc) is 2.46. The summed E-state index contributed by atoms with van der Waals surface area (Å²) in [7, 11) is 2.56. The van der Waals surface area contributed by atoms with Crippen molar-refractivity contribution in [3.05, 3.63) is 0 Å².